The fourth-order valence-corrected chi connectivity index (χ4v) is 3.85. The third kappa shape index (κ3) is 2.65. The largest absolute Gasteiger partial charge is 0.457 e. The molecule has 4 rings (SSSR count). The zero-order valence-corrected chi connectivity index (χ0v) is 14.1. The highest BCUT2D eigenvalue weighted by atomic mass is 35.5. The quantitative estimate of drug-likeness (QED) is 0.701. The van der Waals surface area contributed by atoms with Gasteiger partial charge in [-0.25, -0.2) is 0 Å². The Morgan fingerprint density at radius 2 is 2.13 bits per heavy atom. The Labute approximate surface area is 144 Å². The SMILES string of the molecule is O=c1/c(=C\c2ccc(-c3cc(Cl)ccc3Cl)o2)sc2n1CCN=2. The van der Waals surface area contributed by atoms with Crippen molar-refractivity contribution in [1.29, 1.82) is 0 Å². The summed E-state index contributed by atoms with van der Waals surface area (Å²) in [5, 5.41) is 1.14. The molecule has 7 heteroatoms. The van der Waals surface area contributed by atoms with Crippen LogP contribution >= 0.6 is 34.5 Å². The molecule has 0 amide bonds. The van der Waals surface area contributed by atoms with Gasteiger partial charge in [0.25, 0.3) is 5.56 Å². The average molecular weight is 365 g/mol. The topological polar surface area (TPSA) is 47.5 Å². The number of hydrogen-bond donors (Lipinski definition) is 0. The molecule has 0 saturated heterocycles. The molecule has 3 aromatic rings. The summed E-state index contributed by atoms with van der Waals surface area (Å²) in [6.45, 7) is 1.33. The third-order valence-corrected chi connectivity index (χ3v) is 5.16. The maximum atomic E-state index is 12.2. The fourth-order valence-electron chi connectivity index (χ4n) is 2.46. The van der Waals surface area contributed by atoms with Crippen LogP contribution in [0.1, 0.15) is 5.76 Å². The standard InChI is InChI=1S/C16H10Cl2N2O2S/c17-9-1-3-12(18)11(7-9)13-4-2-10(22-13)8-14-15(21)20-6-5-19-16(20)23-14/h1-4,7-8H,5-6H2/b14-8+. The maximum Gasteiger partial charge on any atom is 0.270 e. The van der Waals surface area contributed by atoms with Crippen molar-refractivity contribution < 1.29 is 4.42 Å². The highest BCUT2D eigenvalue weighted by molar-refractivity contribution is 7.07. The van der Waals surface area contributed by atoms with Gasteiger partial charge < -0.3 is 4.42 Å². The lowest BCUT2D eigenvalue weighted by molar-refractivity contribution is 0.571. The lowest BCUT2D eigenvalue weighted by Gasteiger charge is -2.00. The smallest absolute Gasteiger partial charge is 0.270 e. The molecule has 1 aromatic carbocycles. The number of halogens is 2. The number of fused-ring (bicyclic) bond motifs is 1. The number of aromatic nitrogens is 1. The van der Waals surface area contributed by atoms with Gasteiger partial charge in [-0.3, -0.25) is 14.4 Å². The van der Waals surface area contributed by atoms with Gasteiger partial charge in [0, 0.05) is 23.2 Å². The molecule has 116 valence electrons. The predicted molar refractivity (Wildman–Crippen MR) is 92.0 cm³/mol. The van der Waals surface area contributed by atoms with Gasteiger partial charge in [-0.15, -0.1) is 0 Å². The van der Waals surface area contributed by atoms with Gasteiger partial charge in [0.15, 0.2) is 4.80 Å². The molecule has 0 aliphatic carbocycles. The minimum Gasteiger partial charge on any atom is -0.457 e. The van der Waals surface area contributed by atoms with Crippen LogP contribution in [0.5, 0.6) is 0 Å². The average Bonchev–Trinajstić information content (AvgIpc) is 3.22. The molecule has 4 nitrogen and oxygen atoms in total. The zero-order valence-electron chi connectivity index (χ0n) is 11.8. The molecule has 2 aromatic heterocycles. The summed E-state index contributed by atoms with van der Waals surface area (Å²) in [5.41, 5.74) is 0.698. The monoisotopic (exact) mass is 364 g/mol. The Kier molecular flexibility index (Phi) is 3.64. The first-order valence-corrected chi connectivity index (χ1v) is 8.50. The molecule has 0 saturated carbocycles. The van der Waals surface area contributed by atoms with Crippen LogP contribution in [-0.2, 0) is 6.54 Å². The zero-order chi connectivity index (χ0) is 16.0. The molecule has 3 heterocycles. The molecular formula is C16H10Cl2N2O2S. The minimum absolute atomic E-state index is 0.0232. The van der Waals surface area contributed by atoms with Crippen molar-refractivity contribution in [2.75, 3.05) is 6.54 Å². The van der Waals surface area contributed by atoms with E-state index in [1.54, 1.807) is 34.9 Å². The predicted octanol–water partition coefficient (Wildman–Crippen LogP) is 2.94. The van der Waals surface area contributed by atoms with Crippen LogP contribution in [0.25, 0.3) is 17.4 Å². The molecule has 1 aliphatic rings. The van der Waals surface area contributed by atoms with Crippen molar-refractivity contribution in [3.05, 3.63) is 65.8 Å². The van der Waals surface area contributed by atoms with E-state index in [1.807, 2.05) is 6.07 Å². The van der Waals surface area contributed by atoms with Crippen molar-refractivity contribution in [1.82, 2.24) is 4.57 Å². The summed E-state index contributed by atoms with van der Waals surface area (Å²) in [7, 11) is 0. The summed E-state index contributed by atoms with van der Waals surface area (Å²) in [6, 6.07) is 8.81. The van der Waals surface area contributed by atoms with Crippen molar-refractivity contribution in [2.45, 2.75) is 6.54 Å². The summed E-state index contributed by atoms with van der Waals surface area (Å²) in [6.07, 6.45) is 1.73. The molecule has 0 atom stereocenters. The highest BCUT2D eigenvalue weighted by Crippen LogP contribution is 2.31. The van der Waals surface area contributed by atoms with Gasteiger partial charge in [0.1, 0.15) is 11.5 Å². The van der Waals surface area contributed by atoms with E-state index < -0.39 is 0 Å². The number of nitrogens with zero attached hydrogens (tertiary/aromatic N) is 2. The second-order valence-corrected chi connectivity index (χ2v) is 6.91. The number of furan rings is 1. The molecule has 0 bridgehead atoms. The lowest BCUT2D eigenvalue weighted by atomic mass is 10.2. The molecule has 0 fully saturated rings. The van der Waals surface area contributed by atoms with Crippen molar-refractivity contribution in [3.63, 3.8) is 0 Å². The summed E-state index contributed by atoms with van der Waals surface area (Å²) in [4.78, 5) is 17.3. The maximum absolute atomic E-state index is 12.2. The molecule has 0 N–H and O–H groups in total. The molecule has 23 heavy (non-hydrogen) atoms. The molecular weight excluding hydrogens is 355 g/mol. The van der Waals surface area contributed by atoms with Crippen LogP contribution in [-0.4, -0.2) is 11.1 Å². The van der Waals surface area contributed by atoms with Crippen LogP contribution in [0, 0.1) is 0 Å². The molecule has 0 unspecified atom stereocenters. The molecule has 1 aliphatic heterocycles. The van der Waals surface area contributed by atoms with Gasteiger partial charge in [-0.2, -0.15) is 0 Å². The van der Waals surface area contributed by atoms with Gasteiger partial charge >= 0.3 is 0 Å². The summed E-state index contributed by atoms with van der Waals surface area (Å²) >= 11 is 13.6. The van der Waals surface area contributed by atoms with Gasteiger partial charge in [0.05, 0.1) is 16.1 Å². The van der Waals surface area contributed by atoms with E-state index in [-0.39, 0.29) is 5.56 Å². The van der Waals surface area contributed by atoms with Gasteiger partial charge in [-0.1, -0.05) is 34.5 Å². The number of rotatable bonds is 2. The van der Waals surface area contributed by atoms with Crippen LogP contribution in [0.2, 0.25) is 10.0 Å². The normalized spacial score (nSPS) is 14.1. The van der Waals surface area contributed by atoms with Crippen LogP contribution < -0.4 is 14.9 Å². The molecule has 0 radical (unpaired) electrons. The second-order valence-electron chi connectivity index (χ2n) is 5.06. The fraction of sp³-hybridized carbons (Fsp3) is 0.125. The van der Waals surface area contributed by atoms with Crippen molar-refractivity contribution in [2.24, 2.45) is 4.99 Å². The second kappa shape index (κ2) is 5.67. The van der Waals surface area contributed by atoms with E-state index in [0.29, 0.717) is 39.2 Å². The van der Waals surface area contributed by atoms with E-state index in [9.17, 15) is 4.79 Å². The number of thiazole rings is 1. The van der Waals surface area contributed by atoms with E-state index in [4.69, 9.17) is 27.6 Å². The first kappa shape index (κ1) is 14.8. The number of benzene rings is 1. The van der Waals surface area contributed by atoms with Crippen LogP contribution in [0.4, 0.5) is 0 Å². The Morgan fingerprint density at radius 3 is 2.96 bits per heavy atom. The summed E-state index contributed by atoms with van der Waals surface area (Å²) in [5.74, 6) is 1.20. The Bertz CT molecular complexity index is 1080. The van der Waals surface area contributed by atoms with Crippen LogP contribution in [0.3, 0.4) is 0 Å². The van der Waals surface area contributed by atoms with Crippen LogP contribution in [0.15, 0.2) is 44.5 Å². The Hall–Kier alpha value is -1.82. The Balaban J connectivity index is 1.79. The minimum atomic E-state index is -0.0232. The van der Waals surface area contributed by atoms with E-state index in [1.165, 1.54) is 11.3 Å². The Morgan fingerprint density at radius 1 is 1.26 bits per heavy atom. The van der Waals surface area contributed by atoms with Crippen molar-refractivity contribution >= 4 is 40.6 Å². The summed E-state index contributed by atoms with van der Waals surface area (Å²) < 4.78 is 8.10. The lowest BCUT2D eigenvalue weighted by Crippen LogP contribution is -2.29. The third-order valence-electron chi connectivity index (χ3n) is 3.55. The van der Waals surface area contributed by atoms with E-state index in [2.05, 4.69) is 4.99 Å². The first-order valence-electron chi connectivity index (χ1n) is 6.93. The van der Waals surface area contributed by atoms with Gasteiger partial charge in [-0.05, 0) is 30.3 Å². The molecule has 0 spiro atoms. The number of hydrogen-bond acceptors (Lipinski definition) is 4. The van der Waals surface area contributed by atoms with Crippen molar-refractivity contribution in [3.8, 4) is 11.3 Å². The highest BCUT2D eigenvalue weighted by Gasteiger charge is 2.11. The van der Waals surface area contributed by atoms with E-state index in [0.717, 1.165) is 10.4 Å². The van der Waals surface area contributed by atoms with Gasteiger partial charge in [0.2, 0.25) is 0 Å². The van der Waals surface area contributed by atoms with E-state index >= 15 is 0 Å². The first-order chi connectivity index (χ1) is 11.1.